The van der Waals surface area contributed by atoms with E-state index >= 15 is 0 Å². The lowest BCUT2D eigenvalue weighted by atomic mass is 9.87. The molecule has 1 aromatic heterocycles. The Bertz CT molecular complexity index is 1210. The Balaban J connectivity index is 1.94. The second-order valence-corrected chi connectivity index (χ2v) is 7.48. The number of carbonyl (C=O) groups excluding carboxylic acids is 2. The molecular formula is C23H13Cl2N3O2. The highest BCUT2D eigenvalue weighted by molar-refractivity contribution is 6.38. The van der Waals surface area contributed by atoms with Crippen molar-refractivity contribution in [3.05, 3.63) is 99.8 Å². The van der Waals surface area contributed by atoms with Gasteiger partial charge in [-0.2, -0.15) is 5.26 Å². The van der Waals surface area contributed by atoms with Gasteiger partial charge in [0.1, 0.15) is 0 Å². The van der Waals surface area contributed by atoms with Crippen LogP contribution in [0.3, 0.4) is 0 Å². The molecule has 30 heavy (non-hydrogen) atoms. The molecule has 0 spiro atoms. The van der Waals surface area contributed by atoms with E-state index < -0.39 is 17.7 Å². The molecule has 0 aliphatic carbocycles. The molecule has 0 radical (unpaired) electrons. The summed E-state index contributed by atoms with van der Waals surface area (Å²) in [6.45, 7) is 0. The minimum atomic E-state index is -0.819. The average Bonchev–Trinajstić information content (AvgIpc) is 2.74. The standard InChI is InChI=1S/C23H13Cl2N3O2/c24-16-8-15(9-17(25)10-16)20-11-21(19-6-2-1-4-14(19)12-26)23(30)28(22(20)29)18-5-3-7-27-13-18/h1-11,13,20H. The van der Waals surface area contributed by atoms with E-state index in [1.165, 1.54) is 6.20 Å². The van der Waals surface area contributed by atoms with E-state index in [1.807, 2.05) is 0 Å². The highest BCUT2D eigenvalue weighted by Crippen LogP contribution is 2.36. The van der Waals surface area contributed by atoms with Gasteiger partial charge in [0.25, 0.3) is 5.91 Å². The molecule has 4 rings (SSSR count). The van der Waals surface area contributed by atoms with Crippen LogP contribution in [0.4, 0.5) is 5.69 Å². The van der Waals surface area contributed by atoms with Crippen LogP contribution in [0.15, 0.2) is 73.1 Å². The summed E-state index contributed by atoms with van der Waals surface area (Å²) in [6, 6.07) is 17.0. The van der Waals surface area contributed by atoms with Gasteiger partial charge < -0.3 is 0 Å². The van der Waals surface area contributed by atoms with Gasteiger partial charge in [-0.3, -0.25) is 14.6 Å². The first kappa shape index (κ1) is 19.8. The fourth-order valence-electron chi connectivity index (χ4n) is 3.41. The molecule has 0 fully saturated rings. The third-order valence-corrected chi connectivity index (χ3v) is 5.18. The molecule has 7 heteroatoms. The average molecular weight is 434 g/mol. The smallest absolute Gasteiger partial charge is 0.265 e. The lowest BCUT2D eigenvalue weighted by Gasteiger charge is -2.30. The number of halogens is 2. The predicted octanol–water partition coefficient (Wildman–Crippen LogP) is 5.00. The van der Waals surface area contributed by atoms with E-state index in [0.717, 1.165) is 4.90 Å². The number of hydrogen-bond acceptors (Lipinski definition) is 4. The molecule has 5 nitrogen and oxygen atoms in total. The Hall–Kier alpha value is -3.46. The van der Waals surface area contributed by atoms with Crippen molar-refractivity contribution in [1.82, 2.24) is 4.98 Å². The van der Waals surface area contributed by atoms with Gasteiger partial charge in [0.15, 0.2) is 0 Å². The highest BCUT2D eigenvalue weighted by atomic mass is 35.5. The van der Waals surface area contributed by atoms with Crippen molar-refractivity contribution in [2.45, 2.75) is 5.92 Å². The molecule has 2 heterocycles. The predicted molar refractivity (Wildman–Crippen MR) is 115 cm³/mol. The summed E-state index contributed by atoms with van der Waals surface area (Å²) in [5.41, 5.74) is 1.91. The van der Waals surface area contributed by atoms with Gasteiger partial charge in [-0.05, 0) is 42.0 Å². The Labute approximate surface area is 182 Å². The summed E-state index contributed by atoms with van der Waals surface area (Å²) in [5.74, 6) is -1.80. The monoisotopic (exact) mass is 433 g/mol. The van der Waals surface area contributed by atoms with Crippen molar-refractivity contribution in [3.63, 3.8) is 0 Å². The maximum atomic E-state index is 13.4. The third kappa shape index (κ3) is 3.59. The number of nitriles is 1. The second kappa shape index (κ2) is 8.11. The highest BCUT2D eigenvalue weighted by Gasteiger charge is 2.38. The number of rotatable bonds is 3. The fourth-order valence-corrected chi connectivity index (χ4v) is 3.96. The van der Waals surface area contributed by atoms with Crippen molar-refractivity contribution >= 4 is 46.3 Å². The molecule has 1 aliphatic rings. The maximum Gasteiger partial charge on any atom is 0.265 e. The van der Waals surface area contributed by atoms with E-state index in [-0.39, 0.29) is 5.57 Å². The van der Waals surface area contributed by atoms with Crippen LogP contribution in [-0.4, -0.2) is 16.8 Å². The SMILES string of the molecule is N#Cc1ccccc1C1=CC(c2cc(Cl)cc(Cl)c2)C(=O)N(c2cccnc2)C1=O. The number of anilines is 1. The summed E-state index contributed by atoms with van der Waals surface area (Å²) < 4.78 is 0. The van der Waals surface area contributed by atoms with Crippen LogP contribution < -0.4 is 4.90 Å². The van der Waals surface area contributed by atoms with Crippen molar-refractivity contribution in [2.75, 3.05) is 4.90 Å². The van der Waals surface area contributed by atoms with Crippen LogP contribution in [-0.2, 0) is 9.59 Å². The van der Waals surface area contributed by atoms with Crippen molar-refractivity contribution in [2.24, 2.45) is 0 Å². The van der Waals surface area contributed by atoms with Crippen LogP contribution in [0.25, 0.3) is 5.57 Å². The van der Waals surface area contributed by atoms with E-state index in [4.69, 9.17) is 23.2 Å². The quantitative estimate of drug-likeness (QED) is 0.544. The zero-order valence-corrected chi connectivity index (χ0v) is 16.9. The summed E-state index contributed by atoms with van der Waals surface area (Å²) >= 11 is 12.3. The largest absolute Gasteiger partial charge is 0.273 e. The molecule has 0 saturated carbocycles. The molecule has 0 N–H and O–H groups in total. The van der Waals surface area contributed by atoms with E-state index in [9.17, 15) is 14.9 Å². The molecule has 0 saturated heterocycles. The molecule has 2 aromatic carbocycles. The van der Waals surface area contributed by atoms with Gasteiger partial charge in [-0.1, -0.05) is 47.5 Å². The Morgan fingerprint density at radius 3 is 2.40 bits per heavy atom. The molecule has 1 atom stereocenters. The number of imide groups is 1. The minimum absolute atomic E-state index is 0.247. The number of aromatic nitrogens is 1. The number of hydrogen-bond donors (Lipinski definition) is 0. The zero-order valence-electron chi connectivity index (χ0n) is 15.4. The first-order valence-corrected chi connectivity index (χ1v) is 9.71. The third-order valence-electron chi connectivity index (χ3n) is 4.74. The van der Waals surface area contributed by atoms with E-state index in [1.54, 1.807) is 66.9 Å². The lowest BCUT2D eigenvalue weighted by molar-refractivity contribution is -0.124. The van der Waals surface area contributed by atoms with Gasteiger partial charge in [-0.25, -0.2) is 4.90 Å². The summed E-state index contributed by atoms with van der Waals surface area (Å²) in [6.07, 6.45) is 4.56. The second-order valence-electron chi connectivity index (χ2n) is 6.61. The van der Waals surface area contributed by atoms with E-state index in [2.05, 4.69) is 11.1 Å². The first-order chi connectivity index (χ1) is 14.5. The zero-order chi connectivity index (χ0) is 21.3. The van der Waals surface area contributed by atoms with Crippen molar-refractivity contribution in [1.29, 1.82) is 5.26 Å². The van der Waals surface area contributed by atoms with Crippen molar-refractivity contribution in [3.8, 4) is 6.07 Å². The van der Waals surface area contributed by atoms with Crippen LogP contribution in [0.1, 0.15) is 22.6 Å². The Morgan fingerprint density at radius 2 is 1.73 bits per heavy atom. The maximum absolute atomic E-state index is 13.4. The summed E-state index contributed by atoms with van der Waals surface area (Å²) in [5, 5.41) is 10.3. The fraction of sp³-hybridized carbons (Fsp3) is 0.0435. The number of carbonyl (C=O) groups is 2. The normalized spacial score (nSPS) is 16.2. The number of benzene rings is 2. The first-order valence-electron chi connectivity index (χ1n) is 8.95. The molecule has 2 amide bonds. The number of pyridine rings is 1. The molecule has 3 aromatic rings. The number of nitrogens with zero attached hydrogens (tertiary/aromatic N) is 3. The molecule has 146 valence electrons. The van der Waals surface area contributed by atoms with Gasteiger partial charge in [0.05, 0.1) is 29.4 Å². The summed E-state index contributed by atoms with van der Waals surface area (Å²) in [4.78, 5) is 31.8. The van der Waals surface area contributed by atoms with Crippen LogP contribution >= 0.6 is 23.2 Å². The van der Waals surface area contributed by atoms with Crippen LogP contribution in [0, 0.1) is 11.3 Å². The van der Waals surface area contributed by atoms with Gasteiger partial charge in [0, 0.05) is 27.4 Å². The van der Waals surface area contributed by atoms with Crippen LogP contribution in [0.5, 0.6) is 0 Å². The van der Waals surface area contributed by atoms with Crippen LogP contribution in [0.2, 0.25) is 10.0 Å². The Morgan fingerprint density at radius 1 is 1.00 bits per heavy atom. The molecular weight excluding hydrogens is 421 g/mol. The number of amides is 2. The molecule has 1 unspecified atom stereocenters. The molecule has 1 aliphatic heterocycles. The minimum Gasteiger partial charge on any atom is -0.273 e. The van der Waals surface area contributed by atoms with Crippen molar-refractivity contribution < 1.29 is 9.59 Å². The van der Waals surface area contributed by atoms with Gasteiger partial charge in [0.2, 0.25) is 5.91 Å². The molecule has 0 bridgehead atoms. The van der Waals surface area contributed by atoms with Gasteiger partial charge in [-0.15, -0.1) is 0 Å². The Kier molecular flexibility index (Phi) is 5.37. The van der Waals surface area contributed by atoms with Gasteiger partial charge >= 0.3 is 0 Å². The topological polar surface area (TPSA) is 74.1 Å². The lowest BCUT2D eigenvalue weighted by Crippen LogP contribution is -2.43. The van der Waals surface area contributed by atoms with E-state index in [0.29, 0.717) is 32.4 Å². The summed E-state index contributed by atoms with van der Waals surface area (Å²) in [7, 11) is 0.